The molecule has 1 heterocycles. The van der Waals surface area contributed by atoms with E-state index in [2.05, 4.69) is 54.6 Å². The van der Waals surface area contributed by atoms with Crippen LogP contribution in [0.5, 0.6) is 5.75 Å². The quantitative estimate of drug-likeness (QED) is 0.601. The lowest BCUT2D eigenvalue weighted by molar-refractivity contribution is 0.321. The molecule has 21 heavy (non-hydrogen) atoms. The maximum Gasteiger partial charge on any atom is 0.191 e. The topological polar surface area (TPSA) is 45.6 Å². The minimum atomic E-state index is 0. The van der Waals surface area contributed by atoms with Gasteiger partial charge in [-0.2, -0.15) is 0 Å². The largest absolute Gasteiger partial charge is 0.492 e. The molecule has 1 aromatic rings. The van der Waals surface area contributed by atoms with Gasteiger partial charge in [0.25, 0.3) is 0 Å². The smallest absolute Gasteiger partial charge is 0.191 e. The first kappa shape index (κ1) is 18.1. The fraction of sp³-hybridized carbons (Fsp3) is 0.562. The minimum Gasteiger partial charge on any atom is -0.492 e. The number of aliphatic imine (C=N–C) groups is 1. The van der Waals surface area contributed by atoms with E-state index < -0.39 is 0 Å². The van der Waals surface area contributed by atoms with Crippen LogP contribution in [0.1, 0.15) is 32.8 Å². The average Bonchev–Trinajstić information content (AvgIpc) is 2.44. The van der Waals surface area contributed by atoms with E-state index in [-0.39, 0.29) is 29.4 Å². The van der Waals surface area contributed by atoms with Gasteiger partial charge in [-0.15, -0.1) is 24.0 Å². The van der Waals surface area contributed by atoms with E-state index in [4.69, 9.17) is 4.74 Å². The van der Waals surface area contributed by atoms with Crippen LogP contribution in [0.25, 0.3) is 0 Å². The lowest BCUT2D eigenvalue weighted by atomic mass is 9.87. The number of hydrogen-bond donors (Lipinski definition) is 2. The summed E-state index contributed by atoms with van der Waals surface area (Å²) < 4.78 is 5.79. The van der Waals surface area contributed by atoms with Crippen LogP contribution in [0, 0.1) is 0 Å². The molecule has 0 amide bonds. The van der Waals surface area contributed by atoms with Crippen LogP contribution in [0.4, 0.5) is 0 Å². The van der Waals surface area contributed by atoms with Gasteiger partial charge in [0.05, 0.1) is 6.54 Å². The van der Waals surface area contributed by atoms with Crippen molar-refractivity contribution < 1.29 is 4.74 Å². The molecule has 0 aliphatic carbocycles. The van der Waals surface area contributed by atoms with Crippen LogP contribution in [-0.2, 0) is 5.41 Å². The van der Waals surface area contributed by atoms with Crippen LogP contribution < -0.4 is 15.4 Å². The monoisotopic (exact) mass is 403 g/mol. The van der Waals surface area contributed by atoms with Crippen molar-refractivity contribution in [2.24, 2.45) is 4.99 Å². The van der Waals surface area contributed by atoms with Crippen molar-refractivity contribution in [2.75, 3.05) is 26.2 Å². The van der Waals surface area contributed by atoms with E-state index >= 15 is 0 Å². The fourth-order valence-electron chi connectivity index (χ4n) is 2.04. The summed E-state index contributed by atoms with van der Waals surface area (Å²) in [6, 6.07) is 8.32. The molecular weight excluding hydrogens is 377 g/mol. The molecule has 0 fully saturated rings. The summed E-state index contributed by atoms with van der Waals surface area (Å²) in [6.07, 6.45) is 1.11. The number of rotatable bonds is 4. The van der Waals surface area contributed by atoms with Crippen LogP contribution in [0.3, 0.4) is 0 Å². The zero-order chi connectivity index (χ0) is 14.4. The SMILES string of the molecule is CC(C)(C)c1cccc(OCCNC2=NCCCN2)c1.I. The third-order valence-corrected chi connectivity index (χ3v) is 3.26. The van der Waals surface area contributed by atoms with E-state index in [0.717, 1.165) is 37.8 Å². The van der Waals surface area contributed by atoms with Crippen molar-refractivity contribution in [3.05, 3.63) is 29.8 Å². The van der Waals surface area contributed by atoms with Crippen molar-refractivity contribution in [1.82, 2.24) is 10.6 Å². The van der Waals surface area contributed by atoms with E-state index in [0.29, 0.717) is 6.61 Å². The lowest BCUT2D eigenvalue weighted by Gasteiger charge is -2.20. The van der Waals surface area contributed by atoms with Gasteiger partial charge in [-0.3, -0.25) is 4.99 Å². The van der Waals surface area contributed by atoms with Gasteiger partial charge in [-0.25, -0.2) is 0 Å². The summed E-state index contributed by atoms with van der Waals surface area (Å²) in [6.45, 7) is 9.92. The van der Waals surface area contributed by atoms with Gasteiger partial charge >= 0.3 is 0 Å². The Morgan fingerprint density at radius 3 is 2.81 bits per heavy atom. The lowest BCUT2D eigenvalue weighted by Crippen LogP contribution is -2.42. The molecule has 1 aliphatic rings. The Hall–Kier alpha value is -0.980. The highest BCUT2D eigenvalue weighted by molar-refractivity contribution is 14.0. The minimum absolute atomic E-state index is 0. The van der Waals surface area contributed by atoms with E-state index in [1.807, 2.05) is 6.07 Å². The maximum absolute atomic E-state index is 5.79. The first-order valence-electron chi connectivity index (χ1n) is 7.31. The van der Waals surface area contributed by atoms with Crippen LogP contribution in [0.15, 0.2) is 29.3 Å². The molecule has 0 spiro atoms. The van der Waals surface area contributed by atoms with Gasteiger partial charge in [0, 0.05) is 13.1 Å². The van der Waals surface area contributed by atoms with E-state index in [9.17, 15) is 0 Å². The number of benzene rings is 1. The Morgan fingerprint density at radius 2 is 2.14 bits per heavy atom. The number of nitrogens with zero attached hydrogens (tertiary/aromatic N) is 1. The fourth-order valence-corrected chi connectivity index (χ4v) is 2.04. The van der Waals surface area contributed by atoms with Crippen LogP contribution in [0.2, 0.25) is 0 Å². The van der Waals surface area contributed by atoms with Crippen LogP contribution in [-0.4, -0.2) is 32.2 Å². The van der Waals surface area contributed by atoms with Gasteiger partial charge in [-0.1, -0.05) is 32.9 Å². The molecule has 118 valence electrons. The number of ether oxygens (including phenoxy) is 1. The summed E-state index contributed by atoms with van der Waals surface area (Å²) in [7, 11) is 0. The normalized spacial score (nSPS) is 14.5. The molecule has 4 nitrogen and oxygen atoms in total. The van der Waals surface area contributed by atoms with Crippen molar-refractivity contribution in [3.63, 3.8) is 0 Å². The third-order valence-electron chi connectivity index (χ3n) is 3.26. The molecule has 5 heteroatoms. The number of hydrogen-bond acceptors (Lipinski definition) is 4. The highest BCUT2D eigenvalue weighted by atomic mass is 127. The zero-order valence-electron chi connectivity index (χ0n) is 13.1. The first-order valence-corrected chi connectivity index (χ1v) is 7.31. The average molecular weight is 403 g/mol. The van der Waals surface area contributed by atoms with Crippen molar-refractivity contribution >= 4 is 29.9 Å². The number of guanidine groups is 1. The molecule has 1 aliphatic heterocycles. The highest BCUT2D eigenvalue weighted by Crippen LogP contribution is 2.25. The van der Waals surface area contributed by atoms with Crippen molar-refractivity contribution in [1.29, 1.82) is 0 Å². The highest BCUT2D eigenvalue weighted by Gasteiger charge is 2.13. The third kappa shape index (κ3) is 6.11. The van der Waals surface area contributed by atoms with Crippen molar-refractivity contribution in [2.45, 2.75) is 32.6 Å². The Morgan fingerprint density at radius 1 is 1.33 bits per heavy atom. The Balaban J connectivity index is 0.00000220. The number of halogens is 1. The summed E-state index contributed by atoms with van der Waals surface area (Å²) >= 11 is 0. The molecule has 0 aromatic heterocycles. The van der Waals surface area contributed by atoms with Gasteiger partial charge in [0.1, 0.15) is 12.4 Å². The van der Waals surface area contributed by atoms with Crippen molar-refractivity contribution in [3.8, 4) is 5.75 Å². The second kappa shape index (κ2) is 8.46. The molecule has 0 saturated heterocycles. The maximum atomic E-state index is 5.79. The Labute approximate surface area is 144 Å². The van der Waals surface area contributed by atoms with Gasteiger partial charge < -0.3 is 15.4 Å². The Bertz CT molecular complexity index is 469. The summed E-state index contributed by atoms with van der Waals surface area (Å²) in [5, 5.41) is 6.48. The molecule has 0 radical (unpaired) electrons. The van der Waals surface area contributed by atoms with Gasteiger partial charge in [-0.05, 0) is 29.5 Å². The van der Waals surface area contributed by atoms with E-state index in [1.165, 1.54) is 5.56 Å². The molecule has 0 atom stereocenters. The second-order valence-electron chi connectivity index (χ2n) is 6.06. The molecule has 1 aromatic carbocycles. The second-order valence-corrected chi connectivity index (χ2v) is 6.06. The van der Waals surface area contributed by atoms with Gasteiger partial charge in [0.15, 0.2) is 5.96 Å². The zero-order valence-corrected chi connectivity index (χ0v) is 15.4. The molecule has 0 unspecified atom stereocenters. The van der Waals surface area contributed by atoms with Crippen LogP contribution >= 0.6 is 24.0 Å². The predicted molar refractivity (Wildman–Crippen MR) is 99.0 cm³/mol. The molecule has 0 bridgehead atoms. The summed E-state index contributed by atoms with van der Waals surface area (Å²) in [5.74, 6) is 1.82. The number of nitrogens with one attached hydrogen (secondary N) is 2. The molecule has 2 N–H and O–H groups in total. The molecule has 2 rings (SSSR count). The van der Waals surface area contributed by atoms with Gasteiger partial charge in [0.2, 0.25) is 0 Å². The predicted octanol–water partition coefficient (Wildman–Crippen LogP) is 2.92. The molecular formula is C16H26IN3O. The van der Waals surface area contributed by atoms with E-state index in [1.54, 1.807) is 0 Å². The standard InChI is InChI=1S/C16H25N3O.HI/c1-16(2,3)13-6-4-7-14(12-13)20-11-10-19-15-17-8-5-9-18-15;/h4,6-7,12H,5,8-11H2,1-3H3,(H2,17,18,19);1H. The summed E-state index contributed by atoms with van der Waals surface area (Å²) in [5.41, 5.74) is 1.44. The first-order chi connectivity index (χ1) is 9.55. The summed E-state index contributed by atoms with van der Waals surface area (Å²) in [4.78, 5) is 4.36. The Kier molecular flexibility index (Phi) is 7.28. The molecule has 0 saturated carbocycles.